The second-order valence-corrected chi connectivity index (χ2v) is 15.2. The van der Waals surface area contributed by atoms with Crippen molar-refractivity contribution in [1.29, 1.82) is 0 Å². The minimum absolute atomic E-state index is 0.469. The van der Waals surface area contributed by atoms with Crippen molar-refractivity contribution in [1.82, 2.24) is 0 Å². The Labute approximate surface area is 242 Å². The quantitative estimate of drug-likeness (QED) is 0.109. The van der Waals surface area contributed by atoms with Gasteiger partial charge in [0, 0.05) is 0 Å². The first kappa shape index (κ1) is 33.9. The highest BCUT2D eigenvalue weighted by atomic mass is 14.6. The van der Waals surface area contributed by atoms with E-state index in [4.69, 9.17) is 0 Å². The molecule has 0 aliphatic heterocycles. The lowest BCUT2D eigenvalue weighted by atomic mass is 9.41. The maximum Gasteiger partial charge on any atom is -0.0232 e. The lowest BCUT2D eigenvalue weighted by molar-refractivity contribution is -0.146. The standard InChI is InChI=1S/C38H72/c1-8-12-15-24-34-35(25-16-13-9-2)38(29-11-4,31-28-33-21-17-14-18-22-33)36(34)27-26-32(20-10-3)23-19-30-37(5,6)7/h26,33-36H,8-25,27-31H2,1-7H3/t34-,35+,36-,38-/m0/s1. The molecule has 0 aromatic carbocycles. The van der Waals surface area contributed by atoms with Crippen LogP contribution in [0.15, 0.2) is 11.6 Å². The molecule has 0 unspecified atom stereocenters. The number of hydrogen-bond acceptors (Lipinski definition) is 0. The fraction of sp³-hybridized carbons (Fsp3) is 0.947. The summed E-state index contributed by atoms with van der Waals surface area (Å²) in [5.41, 5.74) is 2.92. The van der Waals surface area contributed by atoms with Crippen LogP contribution in [0, 0.1) is 34.5 Å². The average molecular weight is 529 g/mol. The van der Waals surface area contributed by atoms with Gasteiger partial charge in [0.25, 0.3) is 0 Å². The third-order valence-electron chi connectivity index (χ3n) is 10.9. The van der Waals surface area contributed by atoms with Crippen LogP contribution in [0.1, 0.15) is 196 Å². The summed E-state index contributed by atoms with van der Waals surface area (Å²) in [5, 5.41) is 0. The van der Waals surface area contributed by atoms with Gasteiger partial charge in [0.2, 0.25) is 0 Å². The molecule has 2 fully saturated rings. The van der Waals surface area contributed by atoms with E-state index in [0.717, 1.165) is 23.7 Å². The number of rotatable bonds is 20. The van der Waals surface area contributed by atoms with Gasteiger partial charge in [0.15, 0.2) is 0 Å². The number of allylic oxidation sites excluding steroid dienone is 2. The van der Waals surface area contributed by atoms with Crippen molar-refractivity contribution in [3.8, 4) is 0 Å². The van der Waals surface area contributed by atoms with Crippen molar-refractivity contribution in [3.05, 3.63) is 11.6 Å². The Kier molecular flexibility index (Phi) is 16.3. The molecule has 0 heteroatoms. The maximum atomic E-state index is 2.82. The van der Waals surface area contributed by atoms with E-state index >= 15 is 0 Å². The molecule has 0 bridgehead atoms. The Morgan fingerprint density at radius 1 is 0.684 bits per heavy atom. The Hall–Kier alpha value is -0.260. The van der Waals surface area contributed by atoms with Gasteiger partial charge in [-0.3, -0.25) is 0 Å². The van der Waals surface area contributed by atoms with Crippen LogP contribution in [0.25, 0.3) is 0 Å². The monoisotopic (exact) mass is 529 g/mol. The molecule has 2 aliphatic rings. The molecule has 0 heterocycles. The minimum atomic E-state index is 0.469. The zero-order valence-corrected chi connectivity index (χ0v) is 27.7. The van der Waals surface area contributed by atoms with Gasteiger partial charge in [-0.15, -0.1) is 0 Å². The molecule has 2 saturated carbocycles. The van der Waals surface area contributed by atoms with Crippen LogP contribution in [0.4, 0.5) is 0 Å². The smallest absolute Gasteiger partial charge is 0.0232 e. The van der Waals surface area contributed by atoms with Crippen LogP contribution in [-0.2, 0) is 0 Å². The van der Waals surface area contributed by atoms with Gasteiger partial charge in [-0.05, 0) is 98.7 Å². The van der Waals surface area contributed by atoms with E-state index in [0.29, 0.717) is 10.8 Å². The van der Waals surface area contributed by atoms with E-state index in [9.17, 15) is 0 Å². The molecule has 2 rings (SSSR count). The second kappa shape index (κ2) is 18.2. The Morgan fingerprint density at radius 3 is 1.97 bits per heavy atom. The average Bonchev–Trinajstić information content (AvgIpc) is 2.88. The second-order valence-electron chi connectivity index (χ2n) is 15.2. The van der Waals surface area contributed by atoms with Gasteiger partial charge in [0.05, 0.1) is 0 Å². The number of unbranched alkanes of at least 4 members (excludes halogenated alkanes) is 4. The highest BCUT2D eigenvalue weighted by Gasteiger charge is 2.58. The summed E-state index contributed by atoms with van der Waals surface area (Å²) < 4.78 is 0. The molecule has 4 atom stereocenters. The van der Waals surface area contributed by atoms with Gasteiger partial charge in [-0.2, -0.15) is 0 Å². The van der Waals surface area contributed by atoms with Gasteiger partial charge in [-0.1, -0.05) is 144 Å². The topological polar surface area (TPSA) is 0 Å². The molecule has 2 aliphatic carbocycles. The number of hydrogen-bond donors (Lipinski definition) is 0. The molecule has 0 aromatic heterocycles. The van der Waals surface area contributed by atoms with E-state index in [1.165, 1.54) is 135 Å². The van der Waals surface area contributed by atoms with Gasteiger partial charge < -0.3 is 0 Å². The molecular weight excluding hydrogens is 456 g/mol. The van der Waals surface area contributed by atoms with Gasteiger partial charge in [0.1, 0.15) is 0 Å². The van der Waals surface area contributed by atoms with Gasteiger partial charge >= 0.3 is 0 Å². The highest BCUT2D eigenvalue weighted by molar-refractivity contribution is 5.12. The summed E-state index contributed by atoms with van der Waals surface area (Å²) >= 11 is 0. The van der Waals surface area contributed by atoms with Crippen molar-refractivity contribution >= 4 is 0 Å². The van der Waals surface area contributed by atoms with Crippen LogP contribution in [0.3, 0.4) is 0 Å². The van der Waals surface area contributed by atoms with E-state index in [1.54, 1.807) is 18.4 Å². The molecule has 0 nitrogen and oxygen atoms in total. The molecule has 0 spiro atoms. The van der Waals surface area contributed by atoms with Crippen molar-refractivity contribution < 1.29 is 0 Å². The highest BCUT2D eigenvalue weighted by Crippen LogP contribution is 2.66. The molecule has 0 radical (unpaired) electrons. The molecule has 38 heavy (non-hydrogen) atoms. The van der Waals surface area contributed by atoms with Crippen LogP contribution in [0.5, 0.6) is 0 Å². The summed E-state index contributed by atoms with van der Waals surface area (Å²) in [5.74, 6) is 4.02. The first-order chi connectivity index (χ1) is 18.3. The van der Waals surface area contributed by atoms with Crippen molar-refractivity contribution in [2.45, 2.75) is 196 Å². The summed E-state index contributed by atoms with van der Waals surface area (Å²) in [6.45, 7) is 16.9. The van der Waals surface area contributed by atoms with Crippen molar-refractivity contribution in [2.75, 3.05) is 0 Å². The van der Waals surface area contributed by atoms with Crippen molar-refractivity contribution in [3.63, 3.8) is 0 Å². The lowest BCUT2D eigenvalue weighted by Gasteiger charge is -2.64. The van der Waals surface area contributed by atoms with Crippen LogP contribution in [-0.4, -0.2) is 0 Å². The van der Waals surface area contributed by atoms with E-state index in [2.05, 4.69) is 54.5 Å². The Bertz CT molecular complexity index is 614. The van der Waals surface area contributed by atoms with E-state index in [-0.39, 0.29) is 0 Å². The fourth-order valence-corrected chi connectivity index (χ4v) is 8.92. The normalized spacial score (nSPS) is 27.0. The molecule has 0 N–H and O–H groups in total. The zero-order valence-electron chi connectivity index (χ0n) is 27.7. The van der Waals surface area contributed by atoms with Crippen LogP contribution < -0.4 is 0 Å². The Balaban J connectivity index is 2.26. The predicted octanol–water partition coefficient (Wildman–Crippen LogP) is 13.5. The maximum absolute atomic E-state index is 2.82. The van der Waals surface area contributed by atoms with E-state index < -0.39 is 0 Å². The summed E-state index contributed by atoms with van der Waals surface area (Å²) in [6.07, 6.45) is 36.1. The molecule has 224 valence electrons. The fourth-order valence-electron chi connectivity index (χ4n) is 8.92. The predicted molar refractivity (Wildman–Crippen MR) is 173 cm³/mol. The molecule has 0 aromatic rings. The first-order valence-corrected chi connectivity index (χ1v) is 18.0. The summed E-state index contributed by atoms with van der Waals surface area (Å²) in [6, 6.07) is 0. The lowest BCUT2D eigenvalue weighted by Crippen LogP contribution is -2.57. The molecule has 0 amide bonds. The third-order valence-corrected chi connectivity index (χ3v) is 10.9. The van der Waals surface area contributed by atoms with Gasteiger partial charge in [-0.25, -0.2) is 0 Å². The minimum Gasteiger partial charge on any atom is -0.0850 e. The third kappa shape index (κ3) is 11.0. The summed E-state index contributed by atoms with van der Waals surface area (Å²) in [4.78, 5) is 0. The van der Waals surface area contributed by atoms with Crippen molar-refractivity contribution in [2.24, 2.45) is 34.5 Å². The van der Waals surface area contributed by atoms with E-state index in [1.807, 2.05) is 0 Å². The SMILES string of the molecule is CCCCC[C@H]1[C@@H](CCCCC)[C@](CCC)(CCC2CCCCC2)[C@H]1CC=C(CCC)CCCC(C)(C)C. The largest absolute Gasteiger partial charge is 0.0850 e. The van der Waals surface area contributed by atoms with Crippen LogP contribution >= 0.6 is 0 Å². The molecular formula is C38H72. The Morgan fingerprint density at radius 2 is 1.37 bits per heavy atom. The zero-order chi connectivity index (χ0) is 27.9. The van der Waals surface area contributed by atoms with Crippen LogP contribution in [0.2, 0.25) is 0 Å². The first-order valence-electron chi connectivity index (χ1n) is 18.0. The molecule has 0 saturated heterocycles. The summed E-state index contributed by atoms with van der Waals surface area (Å²) in [7, 11) is 0.